The second-order valence-corrected chi connectivity index (χ2v) is 7.30. The Kier molecular flexibility index (Phi) is 4.99. The van der Waals surface area contributed by atoms with Crippen molar-refractivity contribution in [3.05, 3.63) is 65.0 Å². The Labute approximate surface area is 150 Å². The number of benzene rings is 1. The van der Waals surface area contributed by atoms with Gasteiger partial charge in [-0.15, -0.1) is 11.3 Å². The highest BCUT2D eigenvalue weighted by molar-refractivity contribution is 7.17. The van der Waals surface area contributed by atoms with Crippen LogP contribution in [-0.2, 0) is 13.6 Å². The fourth-order valence-corrected chi connectivity index (χ4v) is 3.57. The van der Waals surface area contributed by atoms with E-state index in [0.717, 1.165) is 16.0 Å². The SMILES string of the molecule is CC(C)N(Cc1cnn(C)c1)C(=O)c1ccc(-c2ccc(F)cc2)s1. The molecule has 0 unspecified atom stereocenters. The van der Waals surface area contributed by atoms with Gasteiger partial charge in [0.05, 0.1) is 11.1 Å². The number of nitrogens with zero attached hydrogens (tertiary/aromatic N) is 3. The van der Waals surface area contributed by atoms with Crippen LogP contribution in [-0.4, -0.2) is 26.6 Å². The van der Waals surface area contributed by atoms with E-state index in [1.807, 2.05) is 44.1 Å². The van der Waals surface area contributed by atoms with Gasteiger partial charge in [0.25, 0.3) is 5.91 Å². The summed E-state index contributed by atoms with van der Waals surface area (Å²) in [5.41, 5.74) is 1.91. The summed E-state index contributed by atoms with van der Waals surface area (Å²) in [5.74, 6) is -0.267. The van der Waals surface area contributed by atoms with E-state index in [9.17, 15) is 9.18 Å². The summed E-state index contributed by atoms with van der Waals surface area (Å²) in [6.07, 6.45) is 3.70. The third-order valence-corrected chi connectivity index (χ3v) is 5.06. The molecule has 3 aromatic rings. The van der Waals surface area contributed by atoms with Gasteiger partial charge in [0.2, 0.25) is 0 Å². The quantitative estimate of drug-likeness (QED) is 0.681. The molecule has 0 saturated heterocycles. The Hall–Kier alpha value is -2.47. The number of aromatic nitrogens is 2. The Morgan fingerprint density at radius 2 is 1.96 bits per heavy atom. The molecular weight excluding hydrogens is 337 g/mol. The van der Waals surface area contributed by atoms with Crippen molar-refractivity contribution in [1.82, 2.24) is 14.7 Å². The Balaban J connectivity index is 1.81. The third kappa shape index (κ3) is 3.96. The van der Waals surface area contributed by atoms with Gasteiger partial charge in [-0.05, 0) is 43.7 Å². The minimum Gasteiger partial charge on any atom is -0.331 e. The molecule has 0 aliphatic heterocycles. The summed E-state index contributed by atoms with van der Waals surface area (Å²) < 4.78 is 14.8. The van der Waals surface area contributed by atoms with E-state index in [-0.39, 0.29) is 17.8 Å². The van der Waals surface area contributed by atoms with Gasteiger partial charge < -0.3 is 4.90 Å². The van der Waals surface area contributed by atoms with Gasteiger partial charge in [-0.2, -0.15) is 5.10 Å². The van der Waals surface area contributed by atoms with E-state index in [4.69, 9.17) is 0 Å². The van der Waals surface area contributed by atoms with Crippen LogP contribution in [0.2, 0.25) is 0 Å². The Morgan fingerprint density at radius 1 is 1.24 bits per heavy atom. The predicted molar refractivity (Wildman–Crippen MR) is 97.9 cm³/mol. The largest absolute Gasteiger partial charge is 0.331 e. The fraction of sp³-hybridized carbons (Fsp3) is 0.263. The first-order valence-corrected chi connectivity index (χ1v) is 8.90. The maximum absolute atomic E-state index is 13.1. The zero-order chi connectivity index (χ0) is 18.0. The van der Waals surface area contributed by atoms with Crippen molar-refractivity contribution in [2.45, 2.75) is 26.4 Å². The van der Waals surface area contributed by atoms with Crippen LogP contribution in [0.25, 0.3) is 10.4 Å². The van der Waals surface area contributed by atoms with E-state index < -0.39 is 0 Å². The van der Waals surface area contributed by atoms with Crippen LogP contribution in [0.1, 0.15) is 29.1 Å². The first-order chi connectivity index (χ1) is 11.9. The van der Waals surface area contributed by atoms with Crippen molar-refractivity contribution in [3.63, 3.8) is 0 Å². The van der Waals surface area contributed by atoms with Crippen molar-refractivity contribution >= 4 is 17.2 Å². The number of carbonyl (C=O) groups excluding carboxylic acids is 1. The molecule has 0 radical (unpaired) electrons. The second kappa shape index (κ2) is 7.19. The maximum atomic E-state index is 13.1. The molecule has 0 atom stereocenters. The van der Waals surface area contributed by atoms with Gasteiger partial charge in [-0.3, -0.25) is 9.48 Å². The number of hydrogen-bond acceptors (Lipinski definition) is 3. The van der Waals surface area contributed by atoms with Gasteiger partial charge >= 0.3 is 0 Å². The van der Waals surface area contributed by atoms with Crippen molar-refractivity contribution in [1.29, 1.82) is 0 Å². The summed E-state index contributed by atoms with van der Waals surface area (Å²) in [6, 6.07) is 10.1. The highest BCUT2D eigenvalue weighted by atomic mass is 32.1. The summed E-state index contributed by atoms with van der Waals surface area (Å²) >= 11 is 1.43. The lowest BCUT2D eigenvalue weighted by Crippen LogP contribution is -2.35. The van der Waals surface area contributed by atoms with Crippen LogP contribution in [0.15, 0.2) is 48.8 Å². The molecule has 0 bridgehead atoms. The molecule has 6 heteroatoms. The van der Waals surface area contributed by atoms with Crippen molar-refractivity contribution < 1.29 is 9.18 Å². The van der Waals surface area contributed by atoms with Crippen molar-refractivity contribution in [3.8, 4) is 10.4 Å². The smallest absolute Gasteiger partial charge is 0.264 e. The number of amides is 1. The molecule has 2 aromatic heterocycles. The highest BCUT2D eigenvalue weighted by Gasteiger charge is 2.21. The van der Waals surface area contributed by atoms with Gasteiger partial charge in [-0.25, -0.2) is 4.39 Å². The number of carbonyl (C=O) groups is 1. The van der Waals surface area contributed by atoms with E-state index in [1.165, 1.54) is 23.5 Å². The maximum Gasteiger partial charge on any atom is 0.264 e. The van der Waals surface area contributed by atoms with E-state index in [0.29, 0.717) is 11.4 Å². The van der Waals surface area contributed by atoms with Crippen molar-refractivity contribution in [2.75, 3.05) is 0 Å². The summed E-state index contributed by atoms with van der Waals surface area (Å²) in [4.78, 5) is 16.4. The average molecular weight is 357 g/mol. The lowest BCUT2D eigenvalue weighted by molar-refractivity contribution is 0.0695. The summed E-state index contributed by atoms with van der Waals surface area (Å²) in [7, 11) is 1.86. The zero-order valence-corrected chi connectivity index (χ0v) is 15.3. The molecule has 2 heterocycles. The minimum absolute atomic E-state index is 0.00258. The molecule has 25 heavy (non-hydrogen) atoms. The predicted octanol–water partition coefficient (Wildman–Crippen LogP) is 4.34. The van der Waals surface area contributed by atoms with E-state index in [1.54, 1.807) is 23.0 Å². The van der Waals surface area contributed by atoms with E-state index in [2.05, 4.69) is 5.10 Å². The average Bonchev–Trinajstić information content (AvgIpc) is 3.22. The first kappa shape index (κ1) is 17.4. The van der Waals surface area contributed by atoms with Gasteiger partial charge in [0.15, 0.2) is 0 Å². The zero-order valence-electron chi connectivity index (χ0n) is 14.4. The van der Waals surface area contributed by atoms with Gasteiger partial charge in [-0.1, -0.05) is 12.1 Å². The van der Waals surface area contributed by atoms with Crippen LogP contribution in [0.5, 0.6) is 0 Å². The molecule has 130 valence electrons. The van der Waals surface area contributed by atoms with Crippen LogP contribution >= 0.6 is 11.3 Å². The van der Waals surface area contributed by atoms with Crippen LogP contribution in [0.4, 0.5) is 4.39 Å². The highest BCUT2D eigenvalue weighted by Crippen LogP contribution is 2.29. The first-order valence-electron chi connectivity index (χ1n) is 8.08. The number of halogens is 1. The van der Waals surface area contributed by atoms with Crippen LogP contribution < -0.4 is 0 Å². The monoisotopic (exact) mass is 357 g/mol. The Morgan fingerprint density at radius 3 is 2.56 bits per heavy atom. The number of rotatable bonds is 5. The molecule has 1 amide bonds. The molecule has 0 aliphatic rings. The molecule has 0 fully saturated rings. The van der Waals surface area contributed by atoms with Crippen LogP contribution in [0, 0.1) is 5.82 Å². The second-order valence-electron chi connectivity index (χ2n) is 6.22. The third-order valence-electron chi connectivity index (χ3n) is 3.94. The summed E-state index contributed by atoms with van der Waals surface area (Å²) in [6.45, 7) is 4.53. The molecule has 0 aliphatic carbocycles. The lowest BCUT2D eigenvalue weighted by Gasteiger charge is -2.25. The molecule has 0 spiro atoms. The molecule has 0 N–H and O–H groups in total. The number of aryl methyl sites for hydroxylation is 1. The lowest BCUT2D eigenvalue weighted by atomic mass is 10.2. The molecule has 1 aromatic carbocycles. The molecule has 3 rings (SSSR count). The van der Waals surface area contributed by atoms with Crippen LogP contribution in [0.3, 0.4) is 0 Å². The van der Waals surface area contributed by atoms with Gasteiger partial charge in [0, 0.05) is 36.3 Å². The van der Waals surface area contributed by atoms with E-state index >= 15 is 0 Å². The Bertz CT molecular complexity index is 867. The standard InChI is InChI=1S/C19H20FN3OS/c1-13(2)23(12-14-10-21-22(3)11-14)19(24)18-9-8-17(25-18)15-4-6-16(20)7-5-15/h4-11,13H,12H2,1-3H3. The number of thiophene rings is 1. The molecule has 0 saturated carbocycles. The topological polar surface area (TPSA) is 38.1 Å². The molecular formula is C19H20FN3OS. The normalized spacial score (nSPS) is 11.1. The summed E-state index contributed by atoms with van der Waals surface area (Å²) in [5, 5.41) is 4.16. The molecule has 4 nitrogen and oxygen atoms in total. The van der Waals surface area contributed by atoms with Gasteiger partial charge in [0.1, 0.15) is 5.82 Å². The fourth-order valence-electron chi connectivity index (χ4n) is 2.60. The minimum atomic E-state index is -0.265. The van der Waals surface area contributed by atoms with Crippen molar-refractivity contribution in [2.24, 2.45) is 7.05 Å². The number of hydrogen-bond donors (Lipinski definition) is 0.